The molecule has 2 aromatic rings. The Labute approximate surface area is 165 Å². The van der Waals surface area contributed by atoms with Gasteiger partial charge in [-0.1, -0.05) is 18.2 Å². The van der Waals surface area contributed by atoms with Crippen LogP contribution >= 0.6 is 0 Å². The molecule has 5 nitrogen and oxygen atoms in total. The number of nitrogens with zero attached hydrogens (tertiary/aromatic N) is 2. The second-order valence-corrected chi connectivity index (χ2v) is 7.69. The molecular weight excluding hydrogens is 350 g/mol. The first-order valence-electron chi connectivity index (χ1n) is 9.91. The molecule has 0 saturated heterocycles. The molecule has 2 aliphatic rings. The van der Waals surface area contributed by atoms with Crippen molar-refractivity contribution in [3.8, 4) is 11.8 Å². The van der Waals surface area contributed by atoms with Crippen LogP contribution in [0.5, 0.6) is 5.75 Å². The van der Waals surface area contributed by atoms with Crippen LogP contribution in [0.3, 0.4) is 0 Å². The summed E-state index contributed by atoms with van der Waals surface area (Å²) < 4.78 is 5.88. The second-order valence-electron chi connectivity index (χ2n) is 7.69. The maximum atomic E-state index is 11.6. The summed E-state index contributed by atoms with van der Waals surface area (Å²) in [5.74, 6) is 0.660. The standard InChI is InChI=1S/C23H25N3O2/c1-4-26-21-12-17(28-14(2)3)7-8-18(21)19(13-24)23(26)16-5-9-20-15(11-16)6-10-22(27)25-20/h5,7-9,11-12,14,19,23H,4,6,10H2,1-3H3,(H,25,27). The first-order chi connectivity index (χ1) is 13.5. The zero-order valence-electron chi connectivity index (χ0n) is 16.5. The predicted octanol–water partition coefficient (Wildman–Crippen LogP) is 4.55. The number of nitriles is 1. The zero-order valence-corrected chi connectivity index (χ0v) is 16.5. The average molecular weight is 375 g/mol. The summed E-state index contributed by atoms with van der Waals surface area (Å²) in [6, 6.07) is 14.7. The molecule has 0 saturated carbocycles. The lowest BCUT2D eigenvalue weighted by molar-refractivity contribution is -0.116. The van der Waals surface area contributed by atoms with Gasteiger partial charge in [0.05, 0.1) is 24.1 Å². The summed E-state index contributed by atoms with van der Waals surface area (Å²) in [6.45, 7) is 6.94. The molecule has 0 bridgehead atoms. The number of hydrogen-bond acceptors (Lipinski definition) is 4. The van der Waals surface area contributed by atoms with Gasteiger partial charge >= 0.3 is 0 Å². The molecule has 144 valence electrons. The van der Waals surface area contributed by atoms with E-state index in [1.807, 2.05) is 38.1 Å². The second kappa shape index (κ2) is 7.20. The minimum atomic E-state index is -0.237. The van der Waals surface area contributed by atoms with Crippen molar-refractivity contribution < 1.29 is 9.53 Å². The number of aryl methyl sites for hydroxylation is 1. The van der Waals surface area contributed by atoms with Gasteiger partial charge in [-0.25, -0.2) is 0 Å². The number of fused-ring (bicyclic) bond motifs is 2. The van der Waals surface area contributed by atoms with E-state index in [2.05, 4.69) is 35.3 Å². The average Bonchev–Trinajstić information content (AvgIpc) is 2.99. The van der Waals surface area contributed by atoms with Gasteiger partial charge in [-0.3, -0.25) is 4.79 Å². The third-order valence-electron chi connectivity index (χ3n) is 5.52. The summed E-state index contributed by atoms with van der Waals surface area (Å²) in [7, 11) is 0. The third-order valence-corrected chi connectivity index (χ3v) is 5.52. The molecule has 2 aromatic carbocycles. The Bertz CT molecular complexity index is 961. The number of rotatable bonds is 4. The van der Waals surface area contributed by atoms with Crippen molar-refractivity contribution in [2.24, 2.45) is 0 Å². The Balaban J connectivity index is 1.74. The molecule has 0 fully saturated rings. The highest BCUT2D eigenvalue weighted by atomic mass is 16.5. The smallest absolute Gasteiger partial charge is 0.224 e. The number of likely N-dealkylation sites (N-methyl/N-ethyl adjacent to an activating group) is 1. The van der Waals surface area contributed by atoms with Gasteiger partial charge in [-0.15, -0.1) is 0 Å². The third kappa shape index (κ3) is 3.09. The van der Waals surface area contributed by atoms with E-state index in [0.29, 0.717) is 6.42 Å². The highest BCUT2D eigenvalue weighted by Crippen LogP contribution is 2.50. The van der Waals surface area contributed by atoms with Gasteiger partial charge in [-0.2, -0.15) is 5.26 Å². The molecule has 4 rings (SSSR count). The molecule has 0 aliphatic carbocycles. The molecule has 2 aliphatic heterocycles. The maximum Gasteiger partial charge on any atom is 0.224 e. The van der Waals surface area contributed by atoms with E-state index in [0.717, 1.165) is 46.8 Å². The lowest BCUT2D eigenvalue weighted by Gasteiger charge is -2.29. The number of benzene rings is 2. The van der Waals surface area contributed by atoms with Crippen molar-refractivity contribution in [1.29, 1.82) is 5.26 Å². The monoisotopic (exact) mass is 375 g/mol. The number of hydrogen-bond donors (Lipinski definition) is 1. The minimum absolute atomic E-state index is 0.0396. The lowest BCUT2D eigenvalue weighted by atomic mass is 9.89. The summed E-state index contributed by atoms with van der Waals surface area (Å²) in [4.78, 5) is 13.9. The number of anilines is 2. The summed E-state index contributed by atoms with van der Waals surface area (Å²) in [5.41, 5.74) is 5.27. The van der Waals surface area contributed by atoms with E-state index in [-0.39, 0.29) is 24.0 Å². The Morgan fingerprint density at radius 2 is 2.07 bits per heavy atom. The van der Waals surface area contributed by atoms with Crippen LogP contribution in [0.25, 0.3) is 0 Å². The Morgan fingerprint density at radius 1 is 1.25 bits per heavy atom. The molecule has 2 heterocycles. The van der Waals surface area contributed by atoms with Gasteiger partial charge in [0.25, 0.3) is 0 Å². The fourth-order valence-electron chi connectivity index (χ4n) is 4.35. The molecule has 5 heteroatoms. The molecular formula is C23H25N3O2. The Kier molecular flexibility index (Phi) is 4.72. The van der Waals surface area contributed by atoms with E-state index in [1.165, 1.54) is 0 Å². The van der Waals surface area contributed by atoms with E-state index in [4.69, 9.17) is 4.74 Å². The van der Waals surface area contributed by atoms with Gasteiger partial charge in [0, 0.05) is 30.4 Å². The normalized spacial score (nSPS) is 20.4. The van der Waals surface area contributed by atoms with Gasteiger partial charge in [0.1, 0.15) is 5.75 Å². The van der Waals surface area contributed by atoms with Crippen molar-refractivity contribution in [1.82, 2.24) is 0 Å². The molecule has 0 aromatic heterocycles. The van der Waals surface area contributed by atoms with Crippen LogP contribution in [-0.4, -0.2) is 18.6 Å². The lowest BCUT2D eigenvalue weighted by Crippen LogP contribution is -2.27. The van der Waals surface area contributed by atoms with Gasteiger partial charge in [0.15, 0.2) is 0 Å². The summed E-state index contributed by atoms with van der Waals surface area (Å²) in [5, 5.41) is 12.9. The first kappa shape index (κ1) is 18.4. The quantitative estimate of drug-likeness (QED) is 0.852. The Hall–Kier alpha value is -3.00. The number of carbonyl (C=O) groups is 1. The van der Waals surface area contributed by atoms with E-state index in [9.17, 15) is 10.1 Å². The van der Waals surface area contributed by atoms with Crippen LogP contribution in [0, 0.1) is 11.3 Å². The summed E-state index contributed by atoms with van der Waals surface area (Å²) >= 11 is 0. The number of ether oxygens (including phenoxy) is 1. The highest BCUT2D eigenvalue weighted by molar-refractivity contribution is 5.94. The molecule has 1 N–H and O–H groups in total. The van der Waals surface area contributed by atoms with Crippen molar-refractivity contribution in [2.75, 3.05) is 16.8 Å². The zero-order chi connectivity index (χ0) is 19.8. The van der Waals surface area contributed by atoms with Crippen molar-refractivity contribution >= 4 is 17.3 Å². The van der Waals surface area contributed by atoms with Crippen LogP contribution < -0.4 is 15.0 Å². The van der Waals surface area contributed by atoms with Gasteiger partial charge in [-0.05, 0) is 56.0 Å². The molecule has 1 amide bonds. The van der Waals surface area contributed by atoms with Gasteiger partial charge in [0.2, 0.25) is 5.91 Å². The van der Waals surface area contributed by atoms with Crippen LogP contribution in [-0.2, 0) is 11.2 Å². The van der Waals surface area contributed by atoms with Gasteiger partial charge < -0.3 is 15.0 Å². The highest BCUT2D eigenvalue weighted by Gasteiger charge is 2.39. The van der Waals surface area contributed by atoms with E-state index in [1.54, 1.807) is 0 Å². The molecule has 2 unspecified atom stereocenters. The molecule has 0 spiro atoms. The van der Waals surface area contributed by atoms with Crippen molar-refractivity contribution in [3.05, 3.63) is 53.1 Å². The number of amides is 1. The topological polar surface area (TPSA) is 65.4 Å². The first-order valence-corrected chi connectivity index (χ1v) is 9.91. The number of nitrogens with one attached hydrogen (secondary N) is 1. The van der Waals surface area contributed by atoms with Crippen LogP contribution in [0.1, 0.15) is 55.8 Å². The van der Waals surface area contributed by atoms with Crippen LogP contribution in [0.2, 0.25) is 0 Å². The molecule has 2 atom stereocenters. The van der Waals surface area contributed by atoms with E-state index >= 15 is 0 Å². The molecule has 28 heavy (non-hydrogen) atoms. The fraction of sp³-hybridized carbons (Fsp3) is 0.391. The predicted molar refractivity (Wildman–Crippen MR) is 110 cm³/mol. The maximum absolute atomic E-state index is 11.6. The number of carbonyl (C=O) groups excluding carboxylic acids is 1. The Morgan fingerprint density at radius 3 is 2.79 bits per heavy atom. The van der Waals surface area contributed by atoms with Crippen molar-refractivity contribution in [2.45, 2.75) is 51.7 Å². The minimum Gasteiger partial charge on any atom is -0.491 e. The van der Waals surface area contributed by atoms with E-state index < -0.39 is 0 Å². The molecule has 0 radical (unpaired) electrons. The van der Waals surface area contributed by atoms with Crippen molar-refractivity contribution in [3.63, 3.8) is 0 Å². The van der Waals surface area contributed by atoms with Crippen LogP contribution in [0.15, 0.2) is 36.4 Å². The SMILES string of the molecule is CCN1c2cc(OC(C)C)ccc2C(C#N)C1c1ccc2c(c1)CCC(=O)N2. The summed E-state index contributed by atoms with van der Waals surface area (Å²) in [6.07, 6.45) is 1.36. The fourth-order valence-corrected chi connectivity index (χ4v) is 4.35. The van der Waals surface area contributed by atoms with Crippen LogP contribution in [0.4, 0.5) is 11.4 Å². The largest absolute Gasteiger partial charge is 0.491 e.